The third-order valence-corrected chi connectivity index (χ3v) is 7.88. The first-order valence-corrected chi connectivity index (χ1v) is 14.1. The molecule has 0 saturated carbocycles. The van der Waals surface area contributed by atoms with Crippen LogP contribution < -0.4 is 20.7 Å². The Morgan fingerprint density at radius 1 is 1.35 bits per heavy atom. The highest BCUT2D eigenvalue weighted by Gasteiger charge is 2.56. The van der Waals surface area contributed by atoms with E-state index in [1.54, 1.807) is 18.2 Å². The molecule has 1 fully saturated rings. The van der Waals surface area contributed by atoms with Crippen LogP contribution in [0.25, 0.3) is 11.2 Å². The van der Waals surface area contributed by atoms with Crippen LogP contribution in [0.2, 0.25) is 0 Å². The number of rotatable bonds is 12. The Balaban J connectivity index is 1.57. The van der Waals surface area contributed by atoms with Crippen molar-refractivity contribution in [1.29, 1.82) is 0 Å². The van der Waals surface area contributed by atoms with Crippen LogP contribution in [0.5, 0.6) is 5.75 Å². The third kappa shape index (κ3) is 6.18. The van der Waals surface area contributed by atoms with Crippen molar-refractivity contribution in [3.63, 3.8) is 0 Å². The molecule has 3 heterocycles. The molecule has 218 valence electrons. The predicted molar refractivity (Wildman–Crippen MR) is 143 cm³/mol. The molecular formula is C24H33FN7O7P. The molecule has 0 spiro atoms. The van der Waals surface area contributed by atoms with E-state index in [1.165, 1.54) is 37.1 Å². The quantitative estimate of drug-likeness (QED) is 0.181. The Bertz CT molecular complexity index is 1380. The van der Waals surface area contributed by atoms with E-state index in [4.69, 9.17) is 19.5 Å². The monoisotopic (exact) mass is 581 g/mol. The molecule has 5 N–H and O–H groups in total. The van der Waals surface area contributed by atoms with Gasteiger partial charge < -0.3 is 30.2 Å². The van der Waals surface area contributed by atoms with Crippen LogP contribution in [0.4, 0.5) is 16.2 Å². The second-order valence-corrected chi connectivity index (χ2v) is 11.1. The number of alkyl halides is 1. The van der Waals surface area contributed by atoms with Gasteiger partial charge in [-0.2, -0.15) is 15.1 Å². The number of aromatic nitrogens is 4. The van der Waals surface area contributed by atoms with Crippen LogP contribution >= 0.6 is 7.75 Å². The Kier molecular flexibility index (Phi) is 8.90. The van der Waals surface area contributed by atoms with Crippen LogP contribution in [-0.4, -0.2) is 74.8 Å². The summed E-state index contributed by atoms with van der Waals surface area (Å²) < 4.78 is 52.6. The Morgan fingerprint density at radius 2 is 2.08 bits per heavy atom. The van der Waals surface area contributed by atoms with Crippen molar-refractivity contribution in [2.75, 3.05) is 31.3 Å². The highest BCUT2D eigenvalue weighted by atomic mass is 31.2. The van der Waals surface area contributed by atoms with E-state index in [9.17, 15) is 14.5 Å². The standard InChI is InChI=1S/C24H33FN7O7P/c1-5-11-27-19-17-20(30-23(26)29-19)32(13-28-17)22-24(3,25)18(33)16(38-22)12-37-40(35,31-14(2)21(34)36-4)39-15-9-7-6-8-10-15/h6-10,13-14,16,18,22,33H,5,11-12H2,1-4H3,(H,31,35)(H3,26,27,29,30)/t14-,16+,18+,22+,24+,40?/m0/s1. The maximum Gasteiger partial charge on any atom is 0.459 e. The SMILES string of the molecule is CCCNc1nc(N)nc2c1ncn2[C@@H]1O[C@H](COP(=O)(N[C@@H](C)C(=O)OC)Oc2ccccc2)[C@@H](O)[C@@]1(C)F. The van der Waals surface area contributed by atoms with Crippen molar-refractivity contribution in [2.24, 2.45) is 0 Å². The minimum Gasteiger partial charge on any atom is -0.468 e. The van der Waals surface area contributed by atoms with Gasteiger partial charge in [-0.25, -0.2) is 13.9 Å². The summed E-state index contributed by atoms with van der Waals surface area (Å²) in [6.45, 7) is 4.59. The summed E-state index contributed by atoms with van der Waals surface area (Å²) in [5.74, 6) is -0.204. The van der Waals surface area contributed by atoms with Gasteiger partial charge in [0.25, 0.3) is 0 Å². The fourth-order valence-corrected chi connectivity index (χ4v) is 5.67. The lowest BCUT2D eigenvalue weighted by molar-refractivity contribution is -0.142. The molecular weight excluding hydrogens is 548 g/mol. The van der Waals surface area contributed by atoms with Crippen LogP contribution in [0.3, 0.4) is 0 Å². The van der Waals surface area contributed by atoms with Crippen molar-refractivity contribution in [2.45, 2.75) is 57.3 Å². The number of nitrogen functional groups attached to an aromatic ring is 1. The lowest BCUT2D eigenvalue weighted by Crippen LogP contribution is -2.41. The van der Waals surface area contributed by atoms with E-state index >= 15 is 4.39 Å². The molecule has 4 rings (SSSR count). The van der Waals surface area contributed by atoms with Gasteiger partial charge in [0.2, 0.25) is 5.95 Å². The molecule has 2 aromatic heterocycles. The summed E-state index contributed by atoms with van der Waals surface area (Å²) in [6, 6.07) is 7.04. The van der Waals surface area contributed by atoms with Gasteiger partial charge >= 0.3 is 13.7 Å². The second kappa shape index (κ2) is 12.0. The number of carbonyl (C=O) groups excluding carboxylic acids is 1. The fraction of sp³-hybridized carbons (Fsp3) is 0.500. The molecule has 0 amide bonds. The summed E-state index contributed by atoms with van der Waals surface area (Å²) in [4.78, 5) is 24.6. The molecule has 40 heavy (non-hydrogen) atoms. The van der Waals surface area contributed by atoms with Gasteiger partial charge in [0, 0.05) is 6.54 Å². The Hall–Kier alpha value is -3.36. The molecule has 0 aliphatic carbocycles. The highest BCUT2D eigenvalue weighted by Crippen LogP contribution is 2.48. The number of nitrogens with zero attached hydrogens (tertiary/aromatic N) is 4. The number of aliphatic hydroxyl groups excluding tert-OH is 1. The smallest absolute Gasteiger partial charge is 0.459 e. The average molecular weight is 582 g/mol. The minimum atomic E-state index is -4.26. The zero-order valence-corrected chi connectivity index (χ0v) is 23.4. The zero-order chi connectivity index (χ0) is 29.1. The van der Waals surface area contributed by atoms with Crippen LogP contribution in [0, 0.1) is 0 Å². The number of hydrogen-bond acceptors (Lipinski definition) is 12. The average Bonchev–Trinajstić information content (AvgIpc) is 3.43. The number of carbonyl (C=O) groups is 1. The third-order valence-electron chi connectivity index (χ3n) is 6.23. The van der Waals surface area contributed by atoms with E-state index in [2.05, 4.69) is 30.1 Å². The van der Waals surface area contributed by atoms with Crippen LogP contribution in [-0.2, 0) is 23.4 Å². The second-order valence-electron chi connectivity index (χ2n) is 9.38. The number of esters is 1. The molecule has 0 bridgehead atoms. The summed E-state index contributed by atoms with van der Waals surface area (Å²) >= 11 is 0. The first-order valence-electron chi connectivity index (χ1n) is 12.6. The molecule has 1 unspecified atom stereocenters. The molecule has 6 atom stereocenters. The molecule has 16 heteroatoms. The molecule has 3 aromatic rings. The maximum atomic E-state index is 16.0. The molecule has 0 radical (unpaired) electrons. The molecule has 1 aromatic carbocycles. The van der Waals surface area contributed by atoms with Crippen molar-refractivity contribution < 1.29 is 37.4 Å². The predicted octanol–water partition coefficient (Wildman–Crippen LogP) is 2.57. The van der Waals surface area contributed by atoms with E-state index in [0.717, 1.165) is 13.3 Å². The first kappa shape index (κ1) is 29.6. The van der Waals surface area contributed by atoms with Crippen molar-refractivity contribution in [3.8, 4) is 5.75 Å². The number of nitrogens with two attached hydrogens (primary N) is 1. The Labute approximate surface area is 230 Å². The zero-order valence-electron chi connectivity index (χ0n) is 22.5. The van der Waals surface area contributed by atoms with E-state index in [1.807, 2.05) is 6.92 Å². The molecule has 1 saturated heterocycles. The number of methoxy groups -OCH3 is 1. The lowest BCUT2D eigenvalue weighted by atomic mass is 9.98. The molecule has 14 nitrogen and oxygen atoms in total. The summed E-state index contributed by atoms with van der Waals surface area (Å²) in [5.41, 5.74) is 4.07. The topological polar surface area (TPSA) is 185 Å². The number of hydrogen-bond donors (Lipinski definition) is 4. The molecule has 1 aliphatic rings. The number of halogens is 1. The van der Waals surface area contributed by atoms with Gasteiger partial charge in [0.1, 0.15) is 24.0 Å². The van der Waals surface area contributed by atoms with Crippen LogP contribution in [0.1, 0.15) is 33.4 Å². The maximum absolute atomic E-state index is 16.0. The molecule has 1 aliphatic heterocycles. The number of imidazole rings is 1. The van der Waals surface area contributed by atoms with Crippen molar-refractivity contribution >= 4 is 36.6 Å². The number of fused-ring (bicyclic) bond motifs is 1. The van der Waals surface area contributed by atoms with Gasteiger partial charge in [-0.15, -0.1) is 0 Å². The number of benzene rings is 1. The highest BCUT2D eigenvalue weighted by molar-refractivity contribution is 7.52. The van der Waals surface area contributed by atoms with Gasteiger partial charge in [-0.3, -0.25) is 13.9 Å². The summed E-state index contributed by atoms with van der Waals surface area (Å²) in [6.07, 6.45) is -2.27. The number of ether oxygens (including phenoxy) is 2. The summed E-state index contributed by atoms with van der Waals surface area (Å²) in [7, 11) is -3.08. The number of para-hydroxylation sites is 1. The van der Waals surface area contributed by atoms with E-state index in [-0.39, 0.29) is 17.3 Å². The number of anilines is 2. The van der Waals surface area contributed by atoms with Crippen molar-refractivity contribution in [1.82, 2.24) is 24.6 Å². The van der Waals surface area contributed by atoms with Gasteiger partial charge in [-0.1, -0.05) is 25.1 Å². The fourth-order valence-electron chi connectivity index (χ4n) is 4.17. The van der Waals surface area contributed by atoms with Gasteiger partial charge in [0.05, 0.1) is 20.0 Å². The number of aliphatic hydroxyl groups is 1. The van der Waals surface area contributed by atoms with Crippen LogP contribution in [0.15, 0.2) is 36.7 Å². The first-order chi connectivity index (χ1) is 19.0. The van der Waals surface area contributed by atoms with Gasteiger partial charge in [-0.05, 0) is 32.4 Å². The minimum absolute atomic E-state index is 0.0587. The van der Waals surface area contributed by atoms with Crippen molar-refractivity contribution in [3.05, 3.63) is 36.7 Å². The van der Waals surface area contributed by atoms with Gasteiger partial charge in [0.15, 0.2) is 28.9 Å². The lowest BCUT2D eigenvalue weighted by Gasteiger charge is -2.25. The van der Waals surface area contributed by atoms with E-state index in [0.29, 0.717) is 17.9 Å². The summed E-state index contributed by atoms with van der Waals surface area (Å²) in [5, 5.41) is 16.5. The normalized spacial score (nSPS) is 24.9. The largest absolute Gasteiger partial charge is 0.468 e. The number of nitrogens with one attached hydrogen (secondary N) is 2. The Morgan fingerprint density at radius 3 is 2.75 bits per heavy atom. The van der Waals surface area contributed by atoms with E-state index < -0.39 is 50.5 Å².